The Morgan fingerprint density at radius 2 is 2.04 bits per heavy atom. The Bertz CT molecular complexity index is 1200. The van der Waals surface area contributed by atoms with Gasteiger partial charge in [-0.1, -0.05) is 0 Å². The smallest absolute Gasteiger partial charge is 0.260 e. The normalized spacial score (nSPS) is 14.5. The van der Waals surface area contributed by atoms with Crippen LogP contribution in [-0.2, 0) is 30.7 Å². The fourth-order valence-corrected chi connectivity index (χ4v) is 4.57. The second-order valence-corrected chi connectivity index (χ2v) is 7.34. The minimum absolute atomic E-state index is 0.0537. The first-order valence-electron chi connectivity index (χ1n) is 9.09. The molecule has 0 amide bonds. The lowest BCUT2D eigenvalue weighted by molar-refractivity contribution is 0.180. The predicted molar refractivity (Wildman–Crippen MR) is 99.6 cm³/mol. The Balaban J connectivity index is 1.84. The summed E-state index contributed by atoms with van der Waals surface area (Å²) in [7, 11) is 1.49. The lowest BCUT2D eigenvalue weighted by Gasteiger charge is -2.21. The summed E-state index contributed by atoms with van der Waals surface area (Å²) in [5.41, 5.74) is 5.77. The molecule has 0 saturated carbocycles. The number of halogens is 1. The van der Waals surface area contributed by atoms with Crippen molar-refractivity contribution < 1.29 is 14.2 Å². The van der Waals surface area contributed by atoms with E-state index < -0.39 is 0 Å². The first-order chi connectivity index (χ1) is 13.0. The van der Waals surface area contributed by atoms with Crippen molar-refractivity contribution in [3.8, 4) is 17.1 Å². The molecule has 3 aromatic rings. The third kappa shape index (κ3) is 2.13. The van der Waals surface area contributed by atoms with Gasteiger partial charge in [0.05, 0.1) is 35.6 Å². The van der Waals surface area contributed by atoms with E-state index in [9.17, 15) is 14.3 Å². The van der Waals surface area contributed by atoms with E-state index in [0.29, 0.717) is 29.0 Å². The first-order valence-corrected chi connectivity index (χ1v) is 9.09. The highest BCUT2D eigenvalue weighted by molar-refractivity contribution is 5.92. The lowest BCUT2D eigenvalue weighted by Crippen LogP contribution is -2.23. The van der Waals surface area contributed by atoms with Gasteiger partial charge < -0.3 is 14.4 Å². The molecule has 5 nitrogen and oxygen atoms in total. The maximum atomic E-state index is 14.4. The number of hydrogen-bond donors (Lipinski definition) is 1. The molecule has 0 fully saturated rings. The molecule has 6 heteroatoms. The molecule has 0 bridgehead atoms. The molecule has 0 spiro atoms. The third-order valence-electron chi connectivity index (χ3n) is 5.89. The fourth-order valence-electron chi connectivity index (χ4n) is 4.57. The molecule has 27 heavy (non-hydrogen) atoms. The topological polar surface area (TPSA) is 64.3 Å². The molecule has 5 rings (SSSR count). The van der Waals surface area contributed by atoms with E-state index in [-0.39, 0.29) is 29.3 Å². The molecule has 2 aromatic heterocycles. The third-order valence-corrected chi connectivity index (χ3v) is 5.89. The van der Waals surface area contributed by atoms with Crippen LogP contribution >= 0.6 is 0 Å². The van der Waals surface area contributed by atoms with Gasteiger partial charge in [0, 0.05) is 30.2 Å². The summed E-state index contributed by atoms with van der Waals surface area (Å²) in [6, 6.07) is 3.06. The summed E-state index contributed by atoms with van der Waals surface area (Å²) in [6.45, 7) is 2.30. The number of aromatic hydroxyl groups is 1. The fraction of sp³-hybridized carbons (Fsp3) is 0.333. The van der Waals surface area contributed by atoms with Gasteiger partial charge in [0.1, 0.15) is 11.6 Å². The van der Waals surface area contributed by atoms with Crippen LogP contribution in [0.15, 0.2) is 16.9 Å². The molecule has 0 atom stereocenters. The van der Waals surface area contributed by atoms with Crippen LogP contribution in [0.5, 0.6) is 5.75 Å². The maximum Gasteiger partial charge on any atom is 0.260 e. The molecular formula is C21H19FN2O3. The van der Waals surface area contributed by atoms with Crippen LogP contribution in [-0.4, -0.2) is 21.8 Å². The molecule has 1 N–H and O–H groups in total. The molecule has 1 aliphatic carbocycles. The average molecular weight is 366 g/mol. The van der Waals surface area contributed by atoms with Crippen LogP contribution < -0.4 is 5.56 Å². The van der Waals surface area contributed by atoms with Crippen LogP contribution in [0.3, 0.4) is 0 Å². The number of aromatic nitrogens is 2. The van der Waals surface area contributed by atoms with Gasteiger partial charge in [-0.2, -0.15) is 0 Å². The van der Waals surface area contributed by atoms with E-state index in [4.69, 9.17) is 9.72 Å². The maximum absolute atomic E-state index is 14.4. The molecule has 0 saturated heterocycles. The lowest BCUT2D eigenvalue weighted by atomic mass is 9.85. The summed E-state index contributed by atoms with van der Waals surface area (Å²) in [6.07, 6.45) is 2.69. The van der Waals surface area contributed by atoms with Crippen LogP contribution in [0.2, 0.25) is 0 Å². The molecule has 0 radical (unpaired) electrons. The summed E-state index contributed by atoms with van der Waals surface area (Å²) in [5, 5.41) is 11.3. The molecule has 3 heterocycles. The van der Waals surface area contributed by atoms with E-state index in [1.165, 1.54) is 13.2 Å². The van der Waals surface area contributed by atoms with E-state index in [1.807, 2.05) is 6.92 Å². The van der Waals surface area contributed by atoms with Gasteiger partial charge in [-0.25, -0.2) is 9.37 Å². The van der Waals surface area contributed by atoms with Crippen molar-refractivity contribution in [3.63, 3.8) is 0 Å². The van der Waals surface area contributed by atoms with E-state index >= 15 is 0 Å². The monoisotopic (exact) mass is 366 g/mol. The van der Waals surface area contributed by atoms with Crippen molar-refractivity contribution in [2.24, 2.45) is 0 Å². The van der Waals surface area contributed by atoms with Gasteiger partial charge in [-0.15, -0.1) is 0 Å². The van der Waals surface area contributed by atoms with Crippen molar-refractivity contribution in [1.29, 1.82) is 0 Å². The molecule has 1 aromatic carbocycles. The number of nitrogens with zero attached hydrogens (tertiary/aromatic N) is 2. The highest BCUT2D eigenvalue weighted by Gasteiger charge is 2.30. The molecular weight excluding hydrogens is 347 g/mol. The van der Waals surface area contributed by atoms with Gasteiger partial charge in [0.15, 0.2) is 0 Å². The van der Waals surface area contributed by atoms with E-state index in [2.05, 4.69) is 0 Å². The number of aryl methyl sites for hydroxylation is 2. The van der Waals surface area contributed by atoms with Crippen LogP contribution in [0.1, 0.15) is 34.2 Å². The Labute approximate surface area is 155 Å². The zero-order chi connectivity index (χ0) is 18.9. The number of rotatable bonds is 2. The highest BCUT2D eigenvalue weighted by atomic mass is 19.1. The van der Waals surface area contributed by atoms with Crippen molar-refractivity contribution >= 4 is 10.9 Å². The van der Waals surface area contributed by atoms with Crippen LogP contribution in [0, 0.1) is 12.7 Å². The van der Waals surface area contributed by atoms with Crippen molar-refractivity contribution in [1.82, 2.24) is 9.55 Å². The van der Waals surface area contributed by atoms with Crippen molar-refractivity contribution in [2.45, 2.75) is 39.3 Å². The number of fused-ring (bicyclic) bond motifs is 4. The number of benzene rings is 1. The summed E-state index contributed by atoms with van der Waals surface area (Å²) in [5.74, 6) is -0.334. The largest absolute Gasteiger partial charge is 0.507 e. The molecule has 138 valence electrons. The Kier molecular flexibility index (Phi) is 3.43. The minimum atomic E-state index is -0.264. The quantitative estimate of drug-likeness (QED) is 0.592. The Morgan fingerprint density at radius 1 is 1.26 bits per heavy atom. The summed E-state index contributed by atoms with van der Waals surface area (Å²) < 4.78 is 21.1. The van der Waals surface area contributed by atoms with Crippen molar-refractivity contribution in [2.75, 3.05) is 7.11 Å². The van der Waals surface area contributed by atoms with E-state index in [1.54, 1.807) is 10.6 Å². The van der Waals surface area contributed by atoms with Gasteiger partial charge in [0.2, 0.25) is 0 Å². The summed E-state index contributed by atoms with van der Waals surface area (Å²) in [4.78, 5) is 17.6. The second kappa shape index (κ2) is 5.63. The van der Waals surface area contributed by atoms with Gasteiger partial charge in [-0.05, 0) is 42.9 Å². The standard InChI is InChI=1S/C21H19FN2O3/c1-10-11-4-3-5-12-13-8-24-17(7-18(25)14(9-27-2)21(24)26)20(13)23-16(19(11)12)6-15(10)22/h6-7,25H,3-5,8-9H2,1-2H3. The van der Waals surface area contributed by atoms with Crippen LogP contribution in [0.4, 0.5) is 4.39 Å². The zero-order valence-corrected chi connectivity index (χ0v) is 15.2. The molecule has 0 unspecified atom stereocenters. The van der Waals surface area contributed by atoms with Crippen LogP contribution in [0.25, 0.3) is 22.3 Å². The van der Waals surface area contributed by atoms with Crippen molar-refractivity contribution in [3.05, 3.63) is 56.1 Å². The zero-order valence-electron chi connectivity index (χ0n) is 15.2. The van der Waals surface area contributed by atoms with Gasteiger partial charge in [-0.3, -0.25) is 4.79 Å². The van der Waals surface area contributed by atoms with E-state index in [0.717, 1.165) is 41.3 Å². The SMILES string of the molecule is COCc1c(O)cc2n(c1=O)Cc1c-2nc2cc(F)c(C)c3c2c1CCC3. The average Bonchev–Trinajstić information content (AvgIpc) is 3.02. The minimum Gasteiger partial charge on any atom is -0.507 e. The summed E-state index contributed by atoms with van der Waals surface area (Å²) >= 11 is 0. The molecule has 2 aliphatic rings. The Hall–Kier alpha value is -2.73. The molecule has 1 aliphatic heterocycles. The first kappa shape index (κ1) is 16.4. The van der Waals surface area contributed by atoms with Gasteiger partial charge in [0.25, 0.3) is 5.56 Å². The number of ether oxygens (including phenoxy) is 1. The number of pyridine rings is 2. The van der Waals surface area contributed by atoms with Gasteiger partial charge >= 0.3 is 0 Å². The Morgan fingerprint density at radius 3 is 2.81 bits per heavy atom. The highest BCUT2D eigenvalue weighted by Crippen LogP contribution is 2.41. The second-order valence-electron chi connectivity index (χ2n) is 7.34. The predicted octanol–water partition coefficient (Wildman–Crippen LogP) is 3.21. The number of methoxy groups -OCH3 is 1. The number of hydrogen-bond acceptors (Lipinski definition) is 4.